The van der Waals surface area contributed by atoms with Gasteiger partial charge in [0.15, 0.2) is 0 Å². The van der Waals surface area contributed by atoms with E-state index in [-0.39, 0.29) is 0 Å². The largest absolute Gasteiger partial charge is 0.461 e. The van der Waals surface area contributed by atoms with E-state index < -0.39 is 54.0 Å². The molecule has 2 nitrogen and oxygen atoms in total. The van der Waals surface area contributed by atoms with Gasteiger partial charge in [-0.3, -0.25) is 0 Å². The highest BCUT2D eigenvalue weighted by Gasteiger charge is 2.55. The van der Waals surface area contributed by atoms with Gasteiger partial charge in [-0.25, -0.2) is 4.74 Å². The van der Waals surface area contributed by atoms with Gasteiger partial charge in [-0.1, -0.05) is 0 Å². The first-order valence-corrected chi connectivity index (χ1v) is 4.96. The fraction of sp³-hybridized carbons (Fsp3) is 0.333. The number of halogens is 14. The van der Waals surface area contributed by atoms with Gasteiger partial charge in [0.2, 0.25) is 0 Å². The van der Waals surface area contributed by atoms with Crippen LogP contribution in [-0.2, 0) is 9.47 Å². The highest BCUT2D eigenvalue weighted by Crippen LogP contribution is 2.42. The van der Waals surface area contributed by atoms with Gasteiger partial charge in [0, 0.05) is 0 Å². The molecule has 0 aromatic heterocycles. The number of ether oxygens (including phenoxy) is 2. The third kappa shape index (κ3) is 5.79. The molecule has 0 saturated carbocycles. The normalized spacial score (nSPS) is 14.0. The molecule has 0 spiro atoms. The molecule has 0 fully saturated rings. The zero-order valence-corrected chi connectivity index (χ0v) is 10.6. The van der Waals surface area contributed by atoms with Crippen LogP contribution in [0.15, 0.2) is 35.7 Å². The number of hydrogen-bond donors (Lipinski definition) is 0. The lowest BCUT2D eigenvalue weighted by molar-refractivity contribution is -0.356. The molecule has 0 aromatic carbocycles. The first-order valence-electron chi connectivity index (χ1n) is 4.96. The molecule has 146 valence electrons. The molecular weight excluding hydrogens is 406 g/mol. The molecule has 0 unspecified atom stereocenters. The summed E-state index contributed by atoms with van der Waals surface area (Å²) in [5, 5.41) is 0. The van der Waals surface area contributed by atoms with E-state index in [0.29, 0.717) is 0 Å². The lowest BCUT2D eigenvalue weighted by atomic mass is 10.4. The number of rotatable bonds is 7. The van der Waals surface area contributed by atoms with Gasteiger partial charge in [-0.2, -0.15) is 61.5 Å². The van der Waals surface area contributed by atoms with Gasteiger partial charge < -0.3 is 4.74 Å². The van der Waals surface area contributed by atoms with Gasteiger partial charge >= 0.3 is 36.5 Å². The minimum Gasteiger partial charge on any atom is -0.398 e. The molecule has 0 aliphatic rings. The summed E-state index contributed by atoms with van der Waals surface area (Å²) in [4.78, 5) is 0. The Hall–Kier alpha value is -2.00. The van der Waals surface area contributed by atoms with Crippen LogP contribution >= 0.6 is 0 Å². The summed E-state index contributed by atoms with van der Waals surface area (Å²) in [6.45, 7) is 0. The van der Waals surface area contributed by atoms with Crippen molar-refractivity contribution < 1.29 is 70.9 Å². The van der Waals surface area contributed by atoms with Crippen molar-refractivity contribution in [1.82, 2.24) is 0 Å². The highest BCUT2D eigenvalue weighted by molar-refractivity contribution is 5.08. The topological polar surface area (TPSA) is 18.5 Å². The SMILES string of the molecule is FC(F)=C(F)C(F)(F)OC(F)=C(F)C(F)(F)OC(F)(F)C(F)=C(F)F. The number of alkyl halides is 6. The van der Waals surface area contributed by atoms with E-state index in [4.69, 9.17) is 0 Å². The van der Waals surface area contributed by atoms with E-state index in [1.807, 2.05) is 4.74 Å². The van der Waals surface area contributed by atoms with E-state index in [2.05, 4.69) is 4.74 Å². The Balaban J connectivity index is 5.68. The molecule has 0 bridgehead atoms. The second-order valence-corrected chi connectivity index (χ2v) is 3.49. The molecule has 25 heavy (non-hydrogen) atoms. The fourth-order valence-electron chi connectivity index (χ4n) is 0.787. The predicted octanol–water partition coefficient (Wildman–Crippen LogP) is 6.06. The van der Waals surface area contributed by atoms with Gasteiger partial charge in [-0.05, 0) is 0 Å². The summed E-state index contributed by atoms with van der Waals surface area (Å²) in [5.41, 5.74) is 0. The van der Waals surface area contributed by atoms with Crippen LogP contribution in [0.5, 0.6) is 0 Å². The molecule has 0 aliphatic heterocycles. The van der Waals surface area contributed by atoms with E-state index in [1.54, 1.807) is 0 Å². The summed E-state index contributed by atoms with van der Waals surface area (Å²) in [5.74, 6) is -12.0. The maximum atomic E-state index is 12.7. The summed E-state index contributed by atoms with van der Waals surface area (Å²) in [6, 6.07) is -3.95. The molecule has 0 rings (SSSR count). The maximum Gasteiger partial charge on any atom is 0.461 e. The summed E-state index contributed by atoms with van der Waals surface area (Å²) >= 11 is 0. The van der Waals surface area contributed by atoms with Crippen LogP contribution in [-0.4, -0.2) is 18.3 Å². The molecule has 0 N–H and O–H groups in total. The van der Waals surface area contributed by atoms with Crippen molar-refractivity contribution in [2.45, 2.75) is 18.3 Å². The molecule has 0 atom stereocenters. The summed E-state index contributed by atoms with van der Waals surface area (Å²) < 4.78 is 175. The van der Waals surface area contributed by atoms with E-state index in [9.17, 15) is 61.5 Å². The fourth-order valence-corrected chi connectivity index (χ4v) is 0.787. The minimum absolute atomic E-state index is 1.92. The Labute approximate surface area is 126 Å². The van der Waals surface area contributed by atoms with Crippen LogP contribution in [0.2, 0.25) is 0 Å². The lowest BCUT2D eigenvalue weighted by Gasteiger charge is -2.21. The molecule has 16 heteroatoms. The van der Waals surface area contributed by atoms with Gasteiger partial charge in [-0.15, -0.1) is 0 Å². The Bertz CT molecular complexity index is 595. The van der Waals surface area contributed by atoms with Crippen LogP contribution in [0.1, 0.15) is 0 Å². The average Bonchev–Trinajstić information content (AvgIpc) is 2.42. The van der Waals surface area contributed by atoms with Crippen molar-refractivity contribution in [2.24, 2.45) is 0 Å². The van der Waals surface area contributed by atoms with Crippen LogP contribution in [0.3, 0.4) is 0 Å². The Morgan fingerprint density at radius 1 is 0.480 bits per heavy atom. The Kier molecular flexibility index (Phi) is 6.89. The van der Waals surface area contributed by atoms with Crippen molar-refractivity contribution in [1.29, 1.82) is 0 Å². The van der Waals surface area contributed by atoms with Crippen molar-refractivity contribution >= 4 is 0 Å². The average molecular weight is 406 g/mol. The molecule has 0 radical (unpaired) electrons. The molecule has 0 aromatic rings. The van der Waals surface area contributed by atoms with Crippen molar-refractivity contribution in [3.63, 3.8) is 0 Å². The molecule has 0 saturated heterocycles. The Morgan fingerprint density at radius 3 is 1.16 bits per heavy atom. The first-order chi connectivity index (χ1) is 11.0. The van der Waals surface area contributed by atoms with E-state index in [1.165, 1.54) is 0 Å². The van der Waals surface area contributed by atoms with Crippen LogP contribution < -0.4 is 0 Å². The Morgan fingerprint density at radius 2 is 0.800 bits per heavy atom. The van der Waals surface area contributed by atoms with E-state index >= 15 is 0 Å². The quantitative estimate of drug-likeness (QED) is 0.378. The molecule has 0 heterocycles. The maximum absolute atomic E-state index is 12.7. The molecule has 0 amide bonds. The van der Waals surface area contributed by atoms with E-state index in [0.717, 1.165) is 0 Å². The monoisotopic (exact) mass is 406 g/mol. The summed E-state index contributed by atoms with van der Waals surface area (Å²) in [7, 11) is 0. The zero-order chi connectivity index (χ0) is 20.4. The van der Waals surface area contributed by atoms with Gasteiger partial charge in [0.1, 0.15) is 0 Å². The highest BCUT2D eigenvalue weighted by atomic mass is 19.3. The third-order valence-corrected chi connectivity index (χ3v) is 1.75. The molecule has 0 aliphatic carbocycles. The van der Waals surface area contributed by atoms with Gasteiger partial charge in [0.25, 0.3) is 17.5 Å². The zero-order valence-electron chi connectivity index (χ0n) is 10.6. The second-order valence-electron chi connectivity index (χ2n) is 3.49. The first kappa shape index (κ1) is 23.0. The summed E-state index contributed by atoms with van der Waals surface area (Å²) in [6.07, 6.45) is -26.5. The number of hydrogen-bond acceptors (Lipinski definition) is 2. The lowest BCUT2D eigenvalue weighted by Crippen LogP contribution is -2.35. The van der Waals surface area contributed by atoms with Crippen LogP contribution in [0.25, 0.3) is 0 Å². The van der Waals surface area contributed by atoms with Gasteiger partial charge in [0.05, 0.1) is 0 Å². The second kappa shape index (κ2) is 7.49. The van der Waals surface area contributed by atoms with Crippen LogP contribution in [0, 0.1) is 0 Å². The molecular formula is C9F14O2. The third-order valence-electron chi connectivity index (χ3n) is 1.75. The minimum atomic E-state index is -6.43. The van der Waals surface area contributed by atoms with Crippen LogP contribution in [0.4, 0.5) is 61.5 Å². The van der Waals surface area contributed by atoms with Crippen molar-refractivity contribution in [3.05, 3.63) is 35.7 Å². The smallest absolute Gasteiger partial charge is 0.398 e. The van der Waals surface area contributed by atoms with Crippen molar-refractivity contribution in [3.8, 4) is 0 Å². The van der Waals surface area contributed by atoms with Crippen molar-refractivity contribution in [2.75, 3.05) is 0 Å². The standard InChI is InChI=1S/C9F14O2/c10-1(4(13)14)7(18,19)24-6(17)3(12)9(22,23)25-8(20,21)2(11)5(15)16. The predicted molar refractivity (Wildman–Crippen MR) is 47.0 cm³/mol.